The van der Waals surface area contributed by atoms with Crippen LogP contribution in [-0.4, -0.2) is 21.8 Å². The molecular weight excluding hydrogens is 312 g/mol. The van der Waals surface area contributed by atoms with E-state index in [1.807, 2.05) is 0 Å². The summed E-state index contributed by atoms with van der Waals surface area (Å²) >= 11 is 3.39. The van der Waals surface area contributed by atoms with Crippen molar-refractivity contribution < 1.29 is 9.66 Å². The number of aromatic nitrogens is 1. The van der Waals surface area contributed by atoms with E-state index in [0.29, 0.717) is 29.2 Å². The molecule has 0 aliphatic carbocycles. The number of nitro benzene ring substituents is 1. The van der Waals surface area contributed by atoms with Gasteiger partial charge in [-0.3, -0.25) is 10.1 Å². The SMILES string of the molecule is CC(CBr)COc1ccc([N+](=O)[O-])c2ncccc12. The first-order valence-corrected chi connectivity index (χ1v) is 6.96. The van der Waals surface area contributed by atoms with E-state index in [4.69, 9.17) is 4.74 Å². The Kier molecular flexibility index (Phi) is 4.31. The molecule has 1 atom stereocenters. The predicted octanol–water partition coefficient (Wildman–Crippen LogP) is 3.55. The monoisotopic (exact) mass is 324 g/mol. The van der Waals surface area contributed by atoms with Gasteiger partial charge in [-0.05, 0) is 24.1 Å². The lowest BCUT2D eigenvalue weighted by Gasteiger charge is -2.12. The standard InChI is InChI=1S/C13H13BrN2O3/c1-9(7-14)8-19-12-5-4-11(16(17)18)13-10(12)3-2-6-15-13/h2-6,9H,7-8H2,1H3. The summed E-state index contributed by atoms with van der Waals surface area (Å²) in [7, 11) is 0. The Labute approximate surface area is 118 Å². The van der Waals surface area contributed by atoms with Gasteiger partial charge in [0.1, 0.15) is 5.75 Å². The predicted molar refractivity (Wildman–Crippen MR) is 76.9 cm³/mol. The molecule has 1 aromatic carbocycles. The maximum Gasteiger partial charge on any atom is 0.295 e. The van der Waals surface area contributed by atoms with Gasteiger partial charge in [0.25, 0.3) is 5.69 Å². The third-order valence-electron chi connectivity index (χ3n) is 2.69. The topological polar surface area (TPSA) is 65.3 Å². The summed E-state index contributed by atoms with van der Waals surface area (Å²) in [6, 6.07) is 6.59. The second kappa shape index (κ2) is 5.97. The summed E-state index contributed by atoms with van der Waals surface area (Å²) in [5, 5.41) is 12.5. The van der Waals surface area contributed by atoms with Crippen molar-refractivity contribution in [1.29, 1.82) is 0 Å². The van der Waals surface area contributed by atoms with E-state index in [1.54, 1.807) is 24.4 Å². The zero-order valence-corrected chi connectivity index (χ0v) is 12.0. The molecule has 0 bridgehead atoms. The lowest BCUT2D eigenvalue weighted by Crippen LogP contribution is -2.09. The number of fused-ring (bicyclic) bond motifs is 1. The number of ether oxygens (including phenoxy) is 1. The van der Waals surface area contributed by atoms with E-state index in [9.17, 15) is 10.1 Å². The lowest BCUT2D eigenvalue weighted by atomic mass is 10.1. The molecule has 1 heterocycles. The van der Waals surface area contributed by atoms with Crippen molar-refractivity contribution in [2.45, 2.75) is 6.92 Å². The third-order valence-corrected chi connectivity index (χ3v) is 3.80. The average molecular weight is 325 g/mol. The number of rotatable bonds is 5. The van der Waals surface area contributed by atoms with Crippen molar-refractivity contribution in [3.8, 4) is 5.75 Å². The van der Waals surface area contributed by atoms with E-state index in [-0.39, 0.29) is 5.69 Å². The molecule has 1 unspecified atom stereocenters. The first-order valence-electron chi connectivity index (χ1n) is 5.84. The Morgan fingerprint density at radius 2 is 2.26 bits per heavy atom. The molecule has 0 aliphatic rings. The van der Waals surface area contributed by atoms with E-state index in [1.165, 1.54) is 6.07 Å². The maximum atomic E-state index is 11.0. The number of hydrogen-bond donors (Lipinski definition) is 0. The van der Waals surface area contributed by atoms with Gasteiger partial charge >= 0.3 is 0 Å². The minimum atomic E-state index is -0.430. The molecule has 0 fully saturated rings. The van der Waals surface area contributed by atoms with Crippen LogP contribution in [0.3, 0.4) is 0 Å². The summed E-state index contributed by atoms with van der Waals surface area (Å²) in [6.07, 6.45) is 1.54. The molecule has 0 amide bonds. The Hall–Kier alpha value is -1.69. The number of hydrogen-bond acceptors (Lipinski definition) is 4. The second-order valence-corrected chi connectivity index (χ2v) is 4.96. The fourth-order valence-electron chi connectivity index (χ4n) is 1.68. The molecule has 1 aromatic heterocycles. The van der Waals surface area contributed by atoms with Gasteiger partial charge < -0.3 is 4.74 Å². The van der Waals surface area contributed by atoms with Gasteiger partial charge in [-0.2, -0.15) is 0 Å². The van der Waals surface area contributed by atoms with Crippen LogP contribution in [0.5, 0.6) is 5.75 Å². The van der Waals surface area contributed by atoms with Crippen LogP contribution in [0.1, 0.15) is 6.92 Å². The van der Waals surface area contributed by atoms with Gasteiger partial charge in [0, 0.05) is 23.0 Å². The van der Waals surface area contributed by atoms with Crippen LogP contribution in [0.2, 0.25) is 0 Å². The molecule has 0 radical (unpaired) electrons. The van der Waals surface area contributed by atoms with Gasteiger partial charge in [-0.25, -0.2) is 4.98 Å². The third kappa shape index (κ3) is 3.01. The van der Waals surface area contributed by atoms with Crippen molar-refractivity contribution in [2.75, 3.05) is 11.9 Å². The minimum Gasteiger partial charge on any atom is -0.493 e. The minimum absolute atomic E-state index is 0.00325. The molecule has 5 nitrogen and oxygen atoms in total. The molecule has 0 N–H and O–H groups in total. The van der Waals surface area contributed by atoms with E-state index >= 15 is 0 Å². The quantitative estimate of drug-likeness (QED) is 0.479. The van der Waals surface area contributed by atoms with Gasteiger partial charge in [-0.15, -0.1) is 0 Å². The number of benzene rings is 1. The molecule has 2 aromatic rings. The molecular formula is C13H13BrN2O3. The molecule has 19 heavy (non-hydrogen) atoms. The van der Waals surface area contributed by atoms with Crippen molar-refractivity contribution in [3.63, 3.8) is 0 Å². The van der Waals surface area contributed by atoms with Crippen LogP contribution in [0.25, 0.3) is 10.9 Å². The number of nitro groups is 1. The highest BCUT2D eigenvalue weighted by molar-refractivity contribution is 9.09. The van der Waals surface area contributed by atoms with E-state index in [2.05, 4.69) is 27.8 Å². The summed E-state index contributed by atoms with van der Waals surface area (Å²) in [6.45, 7) is 2.60. The number of pyridine rings is 1. The average Bonchev–Trinajstić information content (AvgIpc) is 2.43. The van der Waals surface area contributed by atoms with Crippen molar-refractivity contribution in [3.05, 3.63) is 40.6 Å². The molecule has 2 rings (SSSR count). The van der Waals surface area contributed by atoms with E-state index in [0.717, 1.165) is 5.33 Å². The summed E-state index contributed by atoms with van der Waals surface area (Å²) in [4.78, 5) is 14.6. The Morgan fingerprint density at radius 3 is 2.95 bits per heavy atom. The van der Waals surface area contributed by atoms with Gasteiger partial charge in [0.05, 0.1) is 11.5 Å². The Morgan fingerprint density at radius 1 is 1.47 bits per heavy atom. The van der Waals surface area contributed by atoms with Crippen LogP contribution in [0, 0.1) is 16.0 Å². The van der Waals surface area contributed by atoms with Gasteiger partial charge in [-0.1, -0.05) is 22.9 Å². The lowest BCUT2D eigenvalue weighted by molar-refractivity contribution is -0.383. The molecule has 6 heteroatoms. The molecule has 0 saturated carbocycles. The van der Waals surface area contributed by atoms with Crippen LogP contribution in [0.15, 0.2) is 30.5 Å². The maximum absolute atomic E-state index is 11.0. The first kappa shape index (κ1) is 13.7. The first-order chi connectivity index (χ1) is 9.13. The normalized spacial score (nSPS) is 12.3. The second-order valence-electron chi connectivity index (χ2n) is 4.31. The van der Waals surface area contributed by atoms with Crippen LogP contribution >= 0.6 is 15.9 Å². The molecule has 100 valence electrons. The Balaban J connectivity index is 2.41. The van der Waals surface area contributed by atoms with Crippen LogP contribution in [-0.2, 0) is 0 Å². The van der Waals surface area contributed by atoms with Gasteiger partial charge in [0.2, 0.25) is 0 Å². The zero-order chi connectivity index (χ0) is 13.8. The van der Waals surface area contributed by atoms with Crippen LogP contribution in [0.4, 0.5) is 5.69 Å². The number of halogens is 1. The highest BCUT2D eigenvalue weighted by atomic mass is 79.9. The molecule has 0 spiro atoms. The highest BCUT2D eigenvalue weighted by Gasteiger charge is 2.16. The smallest absolute Gasteiger partial charge is 0.295 e. The fourth-order valence-corrected chi connectivity index (χ4v) is 1.87. The Bertz CT molecular complexity index is 603. The van der Waals surface area contributed by atoms with E-state index < -0.39 is 4.92 Å². The highest BCUT2D eigenvalue weighted by Crippen LogP contribution is 2.31. The number of nitrogens with zero attached hydrogens (tertiary/aromatic N) is 2. The van der Waals surface area contributed by atoms with Crippen molar-refractivity contribution >= 4 is 32.5 Å². The fraction of sp³-hybridized carbons (Fsp3) is 0.308. The van der Waals surface area contributed by atoms with Crippen LogP contribution < -0.4 is 4.74 Å². The van der Waals surface area contributed by atoms with Crippen molar-refractivity contribution in [2.24, 2.45) is 5.92 Å². The molecule has 0 saturated heterocycles. The summed E-state index contributed by atoms with van der Waals surface area (Å²) in [5.41, 5.74) is 0.355. The zero-order valence-electron chi connectivity index (χ0n) is 10.4. The number of non-ortho nitro benzene ring substituents is 1. The molecule has 0 aliphatic heterocycles. The number of alkyl halides is 1. The van der Waals surface area contributed by atoms with Crippen molar-refractivity contribution in [1.82, 2.24) is 4.98 Å². The largest absolute Gasteiger partial charge is 0.493 e. The summed E-state index contributed by atoms with van der Waals surface area (Å²) < 4.78 is 5.71. The van der Waals surface area contributed by atoms with Gasteiger partial charge in [0.15, 0.2) is 5.52 Å². The summed E-state index contributed by atoms with van der Waals surface area (Å²) in [5.74, 6) is 0.989.